The molecule has 0 bridgehead atoms. The Morgan fingerprint density at radius 3 is 2.79 bits per heavy atom. The van der Waals surface area contributed by atoms with E-state index < -0.39 is 18.5 Å². The average Bonchev–Trinajstić information content (AvgIpc) is 2.71. The van der Waals surface area contributed by atoms with Crippen LogP contribution in [0.4, 0.5) is 5.69 Å². The van der Waals surface area contributed by atoms with Gasteiger partial charge in [-0.25, -0.2) is 4.79 Å². The Kier molecular flexibility index (Phi) is 5.87. The van der Waals surface area contributed by atoms with Crippen LogP contribution in [0.2, 0.25) is 5.02 Å². The number of carbonyl (C=O) groups excluding carboxylic acids is 2. The van der Waals surface area contributed by atoms with Gasteiger partial charge in [0.2, 0.25) is 5.75 Å². The lowest BCUT2D eigenvalue weighted by atomic mass is 10.1. The van der Waals surface area contributed by atoms with Crippen molar-refractivity contribution in [3.05, 3.63) is 46.5 Å². The number of benzene rings is 2. The maximum atomic E-state index is 12.3. The molecule has 0 aromatic heterocycles. The number of ether oxygens (including phenoxy) is 4. The van der Waals surface area contributed by atoms with Crippen molar-refractivity contribution in [3.8, 4) is 23.3 Å². The highest BCUT2D eigenvalue weighted by molar-refractivity contribution is 6.31. The minimum atomic E-state index is -0.739. The quantitative estimate of drug-likeness (QED) is 0.766. The lowest BCUT2D eigenvalue weighted by Gasteiger charge is -2.21. The van der Waals surface area contributed by atoms with Crippen LogP contribution in [0.5, 0.6) is 17.2 Å². The number of fused-ring (bicyclic) bond motifs is 1. The van der Waals surface area contributed by atoms with Gasteiger partial charge in [0, 0.05) is 5.02 Å². The summed E-state index contributed by atoms with van der Waals surface area (Å²) in [6.07, 6.45) is 0. The number of esters is 1. The molecule has 9 heteroatoms. The van der Waals surface area contributed by atoms with Crippen LogP contribution in [-0.2, 0) is 9.53 Å². The summed E-state index contributed by atoms with van der Waals surface area (Å²) < 4.78 is 21.2. The van der Waals surface area contributed by atoms with Gasteiger partial charge in [-0.3, -0.25) is 4.79 Å². The van der Waals surface area contributed by atoms with Gasteiger partial charge >= 0.3 is 5.97 Å². The highest BCUT2D eigenvalue weighted by Crippen LogP contribution is 2.40. The summed E-state index contributed by atoms with van der Waals surface area (Å²) in [6, 6.07) is 9.29. The monoisotopic (exact) mass is 402 g/mol. The molecule has 1 aliphatic heterocycles. The summed E-state index contributed by atoms with van der Waals surface area (Å²) in [5, 5.41) is 11.9. The van der Waals surface area contributed by atoms with E-state index >= 15 is 0 Å². The number of carbonyl (C=O) groups is 2. The zero-order valence-corrected chi connectivity index (χ0v) is 15.5. The Morgan fingerprint density at radius 2 is 2.04 bits per heavy atom. The molecule has 0 saturated carbocycles. The van der Waals surface area contributed by atoms with Crippen LogP contribution in [-0.4, -0.2) is 38.8 Å². The predicted octanol–water partition coefficient (Wildman–Crippen LogP) is 2.79. The maximum Gasteiger partial charge on any atom is 0.338 e. The summed E-state index contributed by atoms with van der Waals surface area (Å²) in [5.41, 5.74) is 0.618. The topological polar surface area (TPSA) is 107 Å². The first kappa shape index (κ1) is 19.3. The standard InChI is InChI=1S/C19H15ClN2O6/c1-25-15-6-12(7-16-18(15)27-5-4-26-16)19(24)28-10-17(23)22-14-8-13(20)3-2-11(14)9-21/h2-3,6-8H,4-5,10H2,1H3,(H,22,23). The third kappa shape index (κ3) is 4.27. The fourth-order valence-corrected chi connectivity index (χ4v) is 2.68. The van der Waals surface area contributed by atoms with E-state index in [9.17, 15) is 9.59 Å². The Labute approximate surface area is 165 Å². The maximum absolute atomic E-state index is 12.3. The van der Waals surface area contributed by atoms with Crippen molar-refractivity contribution in [1.82, 2.24) is 0 Å². The molecule has 0 unspecified atom stereocenters. The number of hydrogen-bond donors (Lipinski definition) is 1. The molecule has 1 heterocycles. The highest BCUT2D eigenvalue weighted by Gasteiger charge is 2.22. The van der Waals surface area contributed by atoms with Gasteiger partial charge < -0.3 is 24.3 Å². The molecule has 144 valence electrons. The number of nitrogens with one attached hydrogen (secondary N) is 1. The van der Waals surface area contributed by atoms with E-state index in [0.29, 0.717) is 35.5 Å². The van der Waals surface area contributed by atoms with Crippen molar-refractivity contribution < 1.29 is 28.5 Å². The number of amides is 1. The summed E-state index contributed by atoms with van der Waals surface area (Å²) >= 11 is 5.87. The van der Waals surface area contributed by atoms with E-state index in [2.05, 4.69) is 5.32 Å². The Hall–Kier alpha value is -3.44. The van der Waals surface area contributed by atoms with Crippen LogP contribution in [0.25, 0.3) is 0 Å². The molecular formula is C19H15ClN2O6. The number of nitriles is 1. The van der Waals surface area contributed by atoms with E-state index in [1.807, 2.05) is 6.07 Å². The van der Waals surface area contributed by atoms with Crippen LogP contribution in [0.3, 0.4) is 0 Å². The number of rotatable bonds is 5. The van der Waals surface area contributed by atoms with E-state index in [-0.39, 0.29) is 16.8 Å². The van der Waals surface area contributed by atoms with Gasteiger partial charge in [-0.15, -0.1) is 0 Å². The lowest BCUT2D eigenvalue weighted by Crippen LogP contribution is -2.22. The SMILES string of the molecule is COc1cc(C(=O)OCC(=O)Nc2cc(Cl)ccc2C#N)cc2c1OCCO2. The molecule has 8 nitrogen and oxygen atoms in total. The minimum Gasteiger partial charge on any atom is -0.493 e. The van der Waals surface area contributed by atoms with Crippen LogP contribution in [0.15, 0.2) is 30.3 Å². The van der Waals surface area contributed by atoms with Crippen molar-refractivity contribution in [1.29, 1.82) is 5.26 Å². The lowest BCUT2D eigenvalue weighted by molar-refractivity contribution is -0.119. The summed E-state index contributed by atoms with van der Waals surface area (Å²) in [6.45, 7) is 0.173. The Balaban J connectivity index is 1.67. The second kappa shape index (κ2) is 8.50. The zero-order chi connectivity index (χ0) is 20.1. The second-order valence-electron chi connectivity index (χ2n) is 5.63. The number of anilines is 1. The molecule has 0 aliphatic carbocycles. The van der Waals surface area contributed by atoms with E-state index in [1.165, 1.54) is 37.4 Å². The third-order valence-electron chi connectivity index (χ3n) is 3.77. The van der Waals surface area contributed by atoms with Crippen LogP contribution < -0.4 is 19.5 Å². The van der Waals surface area contributed by atoms with Gasteiger partial charge in [0.1, 0.15) is 19.3 Å². The van der Waals surface area contributed by atoms with Crippen LogP contribution >= 0.6 is 11.6 Å². The summed E-state index contributed by atoms with van der Waals surface area (Å²) in [4.78, 5) is 24.4. The van der Waals surface area contributed by atoms with Gasteiger partial charge in [-0.2, -0.15) is 5.26 Å². The molecule has 1 N–H and O–H groups in total. The van der Waals surface area contributed by atoms with Crippen LogP contribution in [0.1, 0.15) is 15.9 Å². The molecule has 0 spiro atoms. The molecule has 0 saturated heterocycles. The molecule has 0 atom stereocenters. The van der Waals surface area contributed by atoms with Crippen molar-refractivity contribution in [3.63, 3.8) is 0 Å². The molecule has 28 heavy (non-hydrogen) atoms. The molecule has 2 aromatic rings. The van der Waals surface area contributed by atoms with Crippen LogP contribution in [0, 0.1) is 11.3 Å². The number of nitrogens with zero attached hydrogens (tertiary/aromatic N) is 1. The fraction of sp³-hybridized carbons (Fsp3) is 0.211. The van der Waals surface area contributed by atoms with Gasteiger partial charge in [-0.1, -0.05) is 11.6 Å². The van der Waals surface area contributed by atoms with E-state index in [4.69, 9.17) is 35.8 Å². The smallest absolute Gasteiger partial charge is 0.338 e. The van der Waals surface area contributed by atoms with Gasteiger partial charge in [0.25, 0.3) is 5.91 Å². The van der Waals surface area contributed by atoms with Crippen molar-refractivity contribution in [2.75, 3.05) is 32.2 Å². The first-order chi connectivity index (χ1) is 13.5. The molecule has 1 aliphatic rings. The van der Waals surface area contributed by atoms with Crippen molar-refractivity contribution in [2.24, 2.45) is 0 Å². The summed E-state index contributed by atoms with van der Waals surface area (Å²) in [5.74, 6) is -0.257. The predicted molar refractivity (Wildman–Crippen MR) is 99.1 cm³/mol. The normalized spacial score (nSPS) is 11.9. The molecule has 0 radical (unpaired) electrons. The molecule has 1 amide bonds. The van der Waals surface area contributed by atoms with Gasteiger partial charge in [0.05, 0.1) is 23.9 Å². The number of halogens is 1. The number of methoxy groups -OCH3 is 1. The van der Waals surface area contributed by atoms with Gasteiger partial charge in [0.15, 0.2) is 18.1 Å². The summed E-state index contributed by atoms with van der Waals surface area (Å²) in [7, 11) is 1.44. The van der Waals surface area contributed by atoms with E-state index in [0.717, 1.165) is 0 Å². The van der Waals surface area contributed by atoms with E-state index in [1.54, 1.807) is 0 Å². The van der Waals surface area contributed by atoms with Gasteiger partial charge in [-0.05, 0) is 30.3 Å². The average molecular weight is 403 g/mol. The Morgan fingerprint density at radius 1 is 1.25 bits per heavy atom. The Bertz CT molecular complexity index is 952. The largest absolute Gasteiger partial charge is 0.493 e. The molecule has 0 fully saturated rings. The minimum absolute atomic E-state index is 0.148. The zero-order valence-electron chi connectivity index (χ0n) is 14.8. The second-order valence-corrected chi connectivity index (χ2v) is 6.07. The van der Waals surface area contributed by atoms with Crippen molar-refractivity contribution in [2.45, 2.75) is 0 Å². The molecule has 3 rings (SSSR count). The highest BCUT2D eigenvalue weighted by atomic mass is 35.5. The molecule has 2 aromatic carbocycles. The first-order valence-corrected chi connectivity index (χ1v) is 8.54. The fourth-order valence-electron chi connectivity index (χ4n) is 2.51. The first-order valence-electron chi connectivity index (χ1n) is 8.16. The molecular weight excluding hydrogens is 388 g/mol. The van der Waals surface area contributed by atoms with Crippen molar-refractivity contribution >= 4 is 29.2 Å². The third-order valence-corrected chi connectivity index (χ3v) is 4.01. The number of hydrogen-bond acceptors (Lipinski definition) is 7.